The van der Waals surface area contributed by atoms with Crippen molar-refractivity contribution in [1.29, 1.82) is 0 Å². The molecule has 1 aliphatic heterocycles. The zero-order valence-corrected chi connectivity index (χ0v) is 24.0. The summed E-state index contributed by atoms with van der Waals surface area (Å²) in [6.07, 6.45) is 3.24. The number of methoxy groups -OCH3 is 1. The predicted molar refractivity (Wildman–Crippen MR) is 158 cm³/mol. The van der Waals surface area contributed by atoms with Gasteiger partial charge < -0.3 is 29.6 Å². The number of carbonyl (C=O) groups is 1. The molecule has 2 aromatic heterocycles. The Labute approximate surface area is 239 Å². The number of amides is 1. The molecule has 1 saturated heterocycles. The maximum absolute atomic E-state index is 14.2. The summed E-state index contributed by atoms with van der Waals surface area (Å²) in [5, 5.41) is 6.26. The third kappa shape index (κ3) is 6.83. The van der Waals surface area contributed by atoms with Crippen LogP contribution < -0.4 is 15.4 Å². The van der Waals surface area contributed by atoms with Gasteiger partial charge in [0, 0.05) is 50.6 Å². The fraction of sp³-hybridized carbons (Fsp3) is 0.387. The van der Waals surface area contributed by atoms with E-state index in [1.165, 1.54) is 6.07 Å². The maximum Gasteiger partial charge on any atom is 0.228 e. The summed E-state index contributed by atoms with van der Waals surface area (Å²) in [6, 6.07) is 14.2. The van der Waals surface area contributed by atoms with Crippen LogP contribution in [0.1, 0.15) is 38.2 Å². The van der Waals surface area contributed by atoms with Crippen LogP contribution in [0.3, 0.4) is 0 Å². The summed E-state index contributed by atoms with van der Waals surface area (Å²) in [4.78, 5) is 24.2. The second-order valence-electron chi connectivity index (χ2n) is 10.7. The number of halogens is 1. The van der Waals surface area contributed by atoms with E-state index in [0.717, 1.165) is 49.2 Å². The molecule has 1 amide bonds. The minimum absolute atomic E-state index is 0.0161. The number of imidazole rings is 1. The Morgan fingerprint density at radius 1 is 1.10 bits per heavy atom. The van der Waals surface area contributed by atoms with Gasteiger partial charge in [0.05, 0.1) is 17.6 Å². The van der Waals surface area contributed by atoms with E-state index >= 15 is 0 Å². The molecular formula is C31H37FN6O3. The van der Waals surface area contributed by atoms with Crippen molar-refractivity contribution in [3.05, 3.63) is 66.1 Å². The number of likely N-dealkylation sites (tertiary alicyclic amines) is 1. The summed E-state index contributed by atoms with van der Waals surface area (Å²) < 4.78 is 27.4. The Morgan fingerprint density at radius 2 is 1.88 bits per heavy atom. The zero-order chi connectivity index (χ0) is 28.9. The highest BCUT2D eigenvalue weighted by Gasteiger charge is 2.25. The Bertz CT molecular complexity index is 1510. The van der Waals surface area contributed by atoms with Crippen LogP contribution in [0.5, 0.6) is 11.5 Å². The summed E-state index contributed by atoms with van der Waals surface area (Å²) in [7, 11) is 3.63. The number of aromatic nitrogens is 3. The van der Waals surface area contributed by atoms with E-state index in [4.69, 9.17) is 14.5 Å². The molecular weight excluding hydrogens is 523 g/mol. The molecule has 0 saturated carbocycles. The minimum atomic E-state index is -0.213. The van der Waals surface area contributed by atoms with E-state index in [1.807, 2.05) is 49.7 Å². The number of ether oxygens (including phenoxy) is 2. The van der Waals surface area contributed by atoms with E-state index in [1.54, 1.807) is 31.5 Å². The maximum atomic E-state index is 14.2. The highest BCUT2D eigenvalue weighted by molar-refractivity contribution is 5.92. The summed E-state index contributed by atoms with van der Waals surface area (Å²) >= 11 is 0. The number of nitrogens with one attached hydrogen (secondary N) is 2. The number of aryl methyl sites for hydroxylation is 1. The number of hydrogen-bond acceptors (Lipinski definition) is 7. The van der Waals surface area contributed by atoms with Crippen molar-refractivity contribution in [3.8, 4) is 11.5 Å². The number of piperidine rings is 1. The quantitative estimate of drug-likeness (QED) is 0.243. The lowest BCUT2D eigenvalue weighted by Crippen LogP contribution is -2.39. The first kappa shape index (κ1) is 28.5. The van der Waals surface area contributed by atoms with Gasteiger partial charge in [-0.15, -0.1) is 0 Å². The van der Waals surface area contributed by atoms with Crippen molar-refractivity contribution in [2.45, 2.75) is 32.6 Å². The van der Waals surface area contributed by atoms with Crippen molar-refractivity contribution >= 4 is 34.4 Å². The molecule has 0 atom stereocenters. The number of pyridine rings is 1. The number of rotatable bonds is 10. The topological polar surface area (TPSA) is 93.5 Å². The molecule has 4 aromatic rings. The van der Waals surface area contributed by atoms with Gasteiger partial charge in [0.2, 0.25) is 11.9 Å². The molecule has 0 radical (unpaired) electrons. The van der Waals surface area contributed by atoms with Gasteiger partial charge in [-0.3, -0.25) is 4.79 Å². The Kier molecular flexibility index (Phi) is 8.80. The van der Waals surface area contributed by atoms with Gasteiger partial charge in [0.15, 0.2) is 0 Å². The van der Waals surface area contributed by atoms with Crippen molar-refractivity contribution in [1.82, 2.24) is 19.4 Å². The molecule has 216 valence electrons. The number of hydrogen-bond donors (Lipinski definition) is 2. The molecule has 0 spiro atoms. The van der Waals surface area contributed by atoms with Gasteiger partial charge in [-0.1, -0.05) is 13.8 Å². The standard InChI is InChI=1S/C31H37FN6O3/c1-20(2)25-17-22(5-7-26(25)32)34-31-35-27-18-23(6-8-28(27)37(31)3)41-24-9-12-33-29(19-24)36-30(39)21-10-13-38(14-11-21)15-16-40-4/h5-9,12,17-21H,10-11,13-16H2,1-4H3,(H,34,35)(H,33,36,39). The Balaban J connectivity index is 1.24. The minimum Gasteiger partial charge on any atom is -0.457 e. The number of fused-ring (bicyclic) bond motifs is 1. The highest BCUT2D eigenvalue weighted by atomic mass is 19.1. The van der Waals surface area contributed by atoms with E-state index in [2.05, 4.69) is 20.5 Å². The number of carbonyl (C=O) groups excluding carboxylic acids is 1. The summed E-state index contributed by atoms with van der Waals surface area (Å²) in [5.74, 6) is 2.07. The van der Waals surface area contributed by atoms with Crippen molar-refractivity contribution < 1.29 is 18.7 Å². The Hall–Kier alpha value is -4.02. The number of benzene rings is 2. The molecule has 3 heterocycles. The average Bonchev–Trinajstić information content (AvgIpc) is 3.27. The van der Waals surface area contributed by atoms with Gasteiger partial charge in [0.1, 0.15) is 23.1 Å². The van der Waals surface area contributed by atoms with Crippen molar-refractivity contribution in [2.24, 2.45) is 13.0 Å². The largest absolute Gasteiger partial charge is 0.457 e. The smallest absolute Gasteiger partial charge is 0.228 e. The van der Waals surface area contributed by atoms with E-state index in [-0.39, 0.29) is 23.6 Å². The zero-order valence-electron chi connectivity index (χ0n) is 24.0. The average molecular weight is 561 g/mol. The van der Waals surface area contributed by atoms with Crippen molar-refractivity contribution in [3.63, 3.8) is 0 Å². The lowest BCUT2D eigenvalue weighted by atomic mass is 9.96. The molecule has 1 aliphatic rings. The second kappa shape index (κ2) is 12.7. The van der Waals surface area contributed by atoms with Gasteiger partial charge in [-0.25, -0.2) is 14.4 Å². The van der Waals surface area contributed by atoms with Crippen LogP contribution in [-0.2, 0) is 16.6 Å². The van der Waals surface area contributed by atoms with Crippen LogP contribution in [-0.4, -0.2) is 58.7 Å². The van der Waals surface area contributed by atoms with Crippen molar-refractivity contribution in [2.75, 3.05) is 44.0 Å². The molecule has 2 N–H and O–H groups in total. The van der Waals surface area contributed by atoms with E-state index < -0.39 is 0 Å². The fourth-order valence-electron chi connectivity index (χ4n) is 5.09. The number of nitrogens with zero attached hydrogens (tertiary/aromatic N) is 4. The summed E-state index contributed by atoms with van der Waals surface area (Å²) in [6.45, 7) is 7.29. The van der Waals surface area contributed by atoms with Crippen LogP contribution in [0.2, 0.25) is 0 Å². The SMILES string of the molecule is COCCN1CCC(C(=O)Nc2cc(Oc3ccc4c(c3)nc(Nc3ccc(F)c(C(C)C)c3)n4C)ccn2)CC1. The number of anilines is 3. The third-order valence-corrected chi connectivity index (χ3v) is 7.51. The van der Waals surface area contributed by atoms with E-state index in [0.29, 0.717) is 35.4 Å². The normalized spacial score (nSPS) is 14.5. The molecule has 41 heavy (non-hydrogen) atoms. The summed E-state index contributed by atoms with van der Waals surface area (Å²) in [5.41, 5.74) is 3.09. The van der Waals surface area contributed by atoms with Gasteiger partial charge >= 0.3 is 0 Å². The van der Waals surface area contributed by atoms with Gasteiger partial charge in [0.25, 0.3) is 0 Å². The molecule has 0 bridgehead atoms. The molecule has 2 aromatic carbocycles. The molecule has 1 fully saturated rings. The van der Waals surface area contributed by atoms with Crippen LogP contribution in [0.25, 0.3) is 11.0 Å². The fourth-order valence-corrected chi connectivity index (χ4v) is 5.09. The van der Waals surface area contributed by atoms with Crippen LogP contribution in [0, 0.1) is 11.7 Å². The second-order valence-corrected chi connectivity index (χ2v) is 10.7. The lowest BCUT2D eigenvalue weighted by molar-refractivity contribution is -0.121. The Morgan fingerprint density at radius 3 is 2.63 bits per heavy atom. The van der Waals surface area contributed by atoms with Crippen LogP contribution in [0.15, 0.2) is 54.7 Å². The van der Waals surface area contributed by atoms with Crippen LogP contribution >= 0.6 is 0 Å². The van der Waals surface area contributed by atoms with Gasteiger partial charge in [-0.2, -0.15) is 0 Å². The lowest BCUT2D eigenvalue weighted by Gasteiger charge is -2.30. The molecule has 10 heteroatoms. The van der Waals surface area contributed by atoms with Crippen LogP contribution in [0.4, 0.5) is 21.8 Å². The molecule has 0 unspecified atom stereocenters. The highest BCUT2D eigenvalue weighted by Crippen LogP contribution is 2.30. The molecule has 0 aliphatic carbocycles. The molecule has 9 nitrogen and oxygen atoms in total. The first-order valence-corrected chi connectivity index (χ1v) is 14.0. The monoisotopic (exact) mass is 560 g/mol. The molecule has 5 rings (SSSR count). The van der Waals surface area contributed by atoms with E-state index in [9.17, 15) is 9.18 Å². The van der Waals surface area contributed by atoms with Gasteiger partial charge in [-0.05, 0) is 73.8 Å². The first-order chi connectivity index (χ1) is 19.8. The third-order valence-electron chi connectivity index (χ3n) is 7.51. The predicted octanol–water partition coefficient (Wildman–Crippen LogP) is 6.06. The first-order valence-electron chi connectivity index (χ1n) is 14.0.